The van der Waals surface area contributed by atoms with Crippen LogP contribution >= 0.6 is 0 Å². The molecule has 2 aromatic rings. The van der Waals surface area contributed by atoms with Gasteiger partial charge < -0.3 is 51.0 Å². The van der Waals surface area contributed by atoms with Gasteiger partial charge in [0.25, 0.3) is 5.56 Å². The predicted molar refractivity (Wildman–Crippen MR) is 98.3 cm³/mol. The number of nitrogens with one attached hydrogen (secondary N) is 1. The molecule has 15 nitrogen and oxygen atoms in total. The smallest absolute Gasteiger partial charge is 0.280 e. The van der Waals surface area contributed by atoms with Crippen LogP contribution in [0.1, 0.15) is 0 Å². The number of anilines is 1. The standard InChI is InChI=1S/C16H23N5O10/c17-15-19-13-6(14(29)20-15)18-3-21(13)16(11(28)8(25)5(2-23)31-16)12-10(27)9(26)7(24)4(1-22)30-12/h3-5,7-12,22-28H,1-2H2,(H3,17,19,20,29)/t4-,5-,7-,8-,9+,10+,11-,12?,16+/m1/s1. The second kappa shape index (κ2) is 7.73. The molecule has 0 bridgehead atoms. The van der Waals surface area contributed by atoms with E-state index in [2.05, 4.69) is 15.0 Å². The van der Waals surface area contributed by atoms with E-state index < -0.39 is 73.3 Å². The molecule has 172 valence electrons. The van der Waals surface area contributed by atoms with Crippen LogP contribution in [0, 0.1) is 0 Å². The molecule has 2 fully saturated rings. The third-order valence-corrected chi connectivity index (χ3v) is 5.75. The predicted octanol–water partition coefficient (Wildman–Crippen LogP) is -5.69. The molecule has 2 saturated heterocycles. The van der Waals surface area contributed by atoms with Crippen LogP contribution in [-0.2, 0) is 15.2 Å². The monoisotopic (exact) mass is 445 g/mol. The Kier molecular flexibility index (Phi) is 5.49. The normalized spacial score (nSPS) is 41.1. The van der Waals surface area contributed by atoms with Crippen molar-refractivity contribution in [3.8, 4) is 0 Å². The van der Waals surface area contributed by atoms with Crippen LogP contribution in [0.2, 0.25) is 0 Å². The Hall–Kier alpha value is -2.21. The number of hydrogen-bond acceptors (Lipinski definition) is 13. The van der Waals surface area contributed by atoms with Gasteiger partial charge in [-0.05, 0) is 0 Å². The number of aromatic nitrogens is 4. The number of imidazole rings is 1. The minimum Gasteiger partial charge on any atom is -0.394 e. The number of nitrogens with two attached hydrogens (primary N) is 1. The molecule has 0 spiro atoms. The summed E-state index contributed by atoms with van der Waals surface area (Å²) in [6.45, 7) is -1.52. The van der Waals surface area contributed by atoms with E-state index in [9.17, 15) is 40.5 Å². The third kappa shape index (κ3) is 3.05. The van der Waals surface area contributed by atoms with Gasteiger partial charge in [-0.1, -0.05) is 0 Å². The number of aliphatic hydroxyl groups is 7. The summed E-state index contributed by atoms with van der Waals surface area (Å²) in [7, 11) is 0. The number of rotatable bonds is 4. The van der Waals surface area contributed by atoms with Crippen LogP contribution in [0.4, 0.5) is 5.95 Å². The molecular formula is C16H23N5O10. The van der Waals surface area contributed by atoms with E-state index in [1.165, 1.54) is 0 Å². The van der Waals surface area contributed by atoms with E-state index in [-0.39, 0.29) is 17.1 Å². The summed E-state index contributed by atoms with van der Waals surface area (Å²) in [4.78, 5) is 22.3. The van der Waals surface area contributed by atoms with Crippen LogP contribution in [0.5, 0.6) is 0 Å². The van der Waals surface area contributed by atoms with Crippen LogP contribution in [0.15, 0.2) is 11.1 Å². The van der Waals surface area contributed by atoms with Gasteiger partial charge in [0.1, 0.15) is 48.8 Å². The summed E-state index contributed by atoms with van der Waals surface area (Å²) in [5.41, 5.74) is 2.14. The molecule has 0 aliphatic carbocycles. The lowest BCUT2D eigenvalue weighted by atomic mass is 9.86. The van der Waals surface area contributed by atoms with Crippen molar-refractivity contribution in [2.24, 2.45) is 0 Å². The third-order valence-electron chi connectivity index (χ3n) is 5.75. The zero-order chi connectivity index (χ0) is 22.7. The SMILES string of the molecule is Nc1nc2c(ncn2[C@]2(C3O[C@H](CO)[C@@H](O)[C@H](O)[C@@H]3O)O[C@H](CO)[C@@H](O)[C@H]2O)c(=O)[nH]1. The lowest BCUT2D eigenvalue weighted by Gasteiger charge is -2.48. The molecular weight excluding hydrogens is 422 g/mol. The maximum absolute atomic E-state index is 12.2. The fraction of sp³-hybridized carbons (Fsp3) is 0.688. The zero-order valence-corrected chi connectivity index (χ0v) is 15.9. The highest BCUT2D eigenvalue weighted by Crippen LogP contribution is 2.44. The topological polar surface area (TPSA) is 250 Å². The molecule has 31 heavy (non-hydrogen) atoms. The van der Waals surface area contributed by atoms with E-state index in [1.807, 2.05) is 0 Å². The minimum atomic E-state index is -2.30. The summed E-state index contributed by atoms with van der Waals surface area (Å²) in [5, 5.41) is 71.6. The number of nitrogens with zero attached hydrogens (tertiary/aromatic N) is 3. The van der Waals surface area contributed by atoms with Crippen LogP contribution in [-0.4, -0.2) is 117 Å². The number of nitrogen functional groups attached to an aromatic ring is 1. The van der Waals surface area contributed by atoms with E-state index in [0.29, 0.717) is 0 Å². The van der Waals surface area contributed by atoms with Gasteiger partial charge in [0, 0.05) is 0 Å². The second-order valence-electron chi connectivity index (χ2n) is 7.51. The highest BCUT2D eigenvalue weighted by Gasteiger charge is 2.65. The molecule has 2 aromatic heterocycles. The van der Waals surface area contributed by atoms with Crippen molar-refractivity contribution in [1.82, 2.24) is 19.5 Å². The highest BCUT2D eigenvalue weighted by molar-refractivity contribution is 5.71. The van der Waals surface area contributed by atoms with Crippen LogP contribution < -0.4 is 11.3 Å². The van der Waals surface area contributed by atoms with Crippen molar-refractivity contribution < 1.29 is 45.2 Å². The van der Waals surface area contributed by atoms with Gasteiger partial charge in [-0.2, -0.15) is 4.98 Å². The molecule has 10 N–H and O–H groups in total. The lowest BCUT2D eigenvalue weighted by molar-refractivity contribution is -0.309. The van der Waals surface area contributed by atoms with Crippen molar-refractivity contribution >= 4 is 17.1 Å². The largest absolute Gasteiger partial charge is 0.394 e. The van der Waals surface area contributed by atoms with E-state index >= 15 is 0 Å². The van der Waals surface area contributed by atoms with Gasteiger partial charge >= 0.3 is 0 Å². The van der Waals surface area contributed by atoms with Gasteiger partial charge in [0.2, 0.25) is 11.7 Å². The highest BCUT2D eigenvalue weighted by atomic mass is 16.6. The Morgan fingerprint density at radius 1 is 1.06 bits per heavy atom. The van der Waals surface area contributed by atoms with Gasteiger partial charge in [-0.25, -0.2) is 4.98 Å². The Balaban J connectivity index is 1.96. The quantitative estimate of drug-likeness (QED) is 0.213. The molecule has 4 heterocycles. The average Bonchev–Trinajstić information content (AvgIpc) is 3.27. The Morgan fingerprint density at radius 3 is 2.35 bits per heavy atom. The Labute approximate surface area is 172 Å². The van der Waals surface area contributed by atoms with Gasteiger partial charge in [0.05, 0.1) is 19.5 Å². The molecule has 0 amide bonds. The van der Waals surface area contributed by atoms with Crippen LogP contribution in [0.3, 0.4) is 0 Å². The van der Waals surface area contributed by atoms with Gasteiger partial charge in [-0.15, -0.1) is 0 Å². The first kappa shape index (κ1) is 22.0. The summed E-state index contributed by atoms with van der Waals surface area (Å²) in [6.07, 6.45) is -12.5. The molecule has 9 atom stereocenters. The summed E-state index contributed by atoms with van der Waals surface area (Å²) in [6, 6.07) is 0. The second-order valence-corrected chi connectivity index (χ2v) is 7.51. The number of hydrogen-bond donors (Lipinski definition) is 9. The fourth-order valence-corrected chi connectivity index (χ4v) is 4.17. The van der Waals surface area contributed by atoms with Crippen LogP contribution in [0.25, 0.3) is 11.2 Å². The van der Waals surface area contributed by atoms with Gasteiger partial charge in [-0.3, -0.25) is 14.3 Å². The van der Waals surface area contributed by atoms with E-state index in [0.717, 1.165) is 10.9 Å². The first-order chi connectivity index (χ1) is 14.7. The molecule has 0 aromatic carbocycles. The van der Waals surface area contributed by atoms with Crippen molar-refractivity contribution in [2.75, 3.05) is 18.9 Å². The number of aromatic amines is 1. The van der Waals surface area contributed by atoms with Crippen molar-refractivity contribution in [3.63, 3.8) is 0 Å². The maximum Gasteiger partial charge on any atom is 0.280 e. The molecule has 15 heteroatoms. The van der Waals surface area contributed by atoms with E-state index in [4.69, 9.17) is 15.2 Å². The average molecular weight is 445 g/mol. The number of fused-ring (bicyclic) bond motifs is 1. The van der Waals surface area contributed by atoms with Gasteiger partial charge in [0.15, 0.2) is 11.2 Å². The van der Waals surface area contributed by atoms with Crippen molar-refractivity contribution in [2.45, 2.75) is 54.6 Å². The minimum absolute atomic E-state index is 0.219. The van der Waals surface area contributed by atoms with E-state index in [1.54, 1.807) is 0 Å². The first-order valence-electron chi connectivity index (χ1n) is 9.36. The summed E-state index contributed by atoms with van der Waals surface area (Å²) < 4.78 is 12.3. The number of H-pyrrole nitrogens is 1. The molecule has 2 aliphatic heterocycles. The molecule has 0 saturated carbocycles. The number of aliphatic hydroxyl groups excluding tert-OH is 7. The summed E-state index contributed by atoms with van der Waals surface area (Å²) >= 11 is 0. The molecule has 4 rings (SSSR count). The molecule has 1 unspecified atom stereocenters. The number of ether oxygens (including phenoxy) is 2. The Morgan fingerprint density at radius 2 is 1.74 bits per heavy atom. The summed E-state index contributed by atoms with van der Waals surface area (Å²) in [5.74, 6) is -0.310. The maximum atomic E-state index is 12.2. The first-order valence-corrected chi connectivity index (χ1v) is 9.36. The molecule has 2 aliphatic rings. The lowest BCUT2D eigenvalue weighted by Crippen LogP contribution is -2.68. The fourth-order valence-electron chi connectivity index (χ4n) is 4.17. The van der Waals surface area contributed by atoms with Crippen molar-refractivity contribution in [1.29, 1.82) is 0 Å². The Bertz CT molecular complexity index is 1010. The van der Waals surface area contributed by atoms with Crippen molar-refractivity contribution in [3.05, 3.63) is 16.7 Å². The zero-order valence-electron chi connectivity index (χ0n) is 15.9. The molecule has 0 radical (unpaired) electrons.